The first-order valence-electron chi connectivity index (χ1n) is 3.71. The second kappa shape index (κ2) is 2.97. The molecule has 2 rings (SSSR count). The topological polar surface area (TPSA) is 28.7 Å². The molecule has 0 bridgehead atoms. The standard InChI is InChI=1S/C9H6F2N2/c10-6-1-2-8(11)7(3-6)9-4-12-5-13-9/h1-5H,(H,12,13). The van der Waals surface area contributed by atoms with Gasteiger partial charge in [0.2, 0.25) is 0 Å². The molecule has 4 heteroatoms. The van der Waals surface area contributed by atoms with Gasteiger partial charge in [-0.15, -0.1) is 0 Å². The molecule has 1 aromatic heterocycles. The SMILES string of the molecule is Fc1ccc(F)c(-c2c[nH]cn2)c1. The second-order valence-electron chi connectivity index (χ2n) is 2.58. The smallest absolute Gasteiger partial charge is 0.132 e. The van der Waals surface area contributed by atoms with Crippen molar-refractivity contribution in [3.05, 3.63) is 42.4 Å². The first-order valence-corrected chi connectivity index (χ1v) is 3.71. The number of nitrogens with zero attached hydrogens (tertiary/aromatic N) is 1. The molecule has 0 radical (unpaired) electrons. The average Bonchev–Trinajstić information content (AvgIpc) is 2.61. The number of hydrogen-bond acceptors (Lipinski definition) is 1. The monoisotopic (exact) mass is 180 g/mol. The van der Waals surface area contributed by atoms with Crippen LogP contribution in [-0.4, -0.2) is 9.97 Å². The fraction of sp³-hybridized carbons (Fsp3) is 0. The predicted octanol–water partition coefficient (Wildman–Crippen LogP) is 2.35. The van der Waals surface area contributed by atoms with E-state index in [4.69, 9.17) is 0 Å². The van der Waals surface area contributed by atoms with Crippen LogP contribution in [0.2, 0.25) is 0 Å². The van der Waals surface area contributed by atoms with Crippen molar-refractivity contribution in [3.63, 3.8) is 0 Å². The number of imidazole rings is 1. The molecule has 66 valence electrons. The third-order valence-corrected chi connectivity index (χ3v) is 1.70. The molecular formula is C9H6F2N2. The van der Waals surface area contributed by atoms with Gasteiger partial charge in [0.1, 0.15) is 11.6 Å². The first kappa shape index (κ1) is 7.91. The number of rotatable bonds is 1. The molecule has 0 saturated heterocycles. The number of aromatic nitrogens is 2. The van der Waals surface area contributed by atoms with E-state index in [-0.39, 0.29) is 5.56 Å². The van der Waals surface area contributed by atoms with Gasteiger partial charge in [0.15, 0.2) is 0 Å². The van der Waals surface area contributed by atoms with Crippen molar-refractivity contribution in [2.45, 2.75) is 0 Å². The highest BCUT2D eigenvalue weighted by molar-refractivity contribution is 5.58. The number of benzene rings is 1. The Labute approximate surface area is 73.2 Å². The Bertz CT molecular complexity index is 410. The van der Waals surface area contributed by atoms with Crippen LogP contribution in [0.15, 0.2) is 30.7 Å². The summed E-state index contributed by atoms with van der Waals surface area (Å²) < 4.78 is 25.8. The van der Waals surface area contributed by atoms with Gasteiger partial charge in [0.25, 0.3) is 0 Å². The summed E-state index contributed by atoms with van der Waals surface area (Å²) in [4.78, 5) is 6.50. The summed E-state index contributed by atoms with van der Waals surface area (Å²) >= 11 is 0. The summed E-state index contributed by atoms with van der Waals surface area (Å²) in [6.45, 7) is 0. The van der Waals surface area contributed by atoms with Crippen LogP contribution in [0.5, 0.6) is 0 Å². The van der Waals surface area contributed by atoms with E-state index in [1.54, 1.807) is 0 Å². The largest absolute Gasteiger partial charge is 0.351 e. The highest BCUT2D eigenvalue weighted by Crippen LogP contribution is 2.20. The lowest BCUT2D eigenvalue weighted by atomic mass is 10.1. The van der Waals surface area contributed by atoms with Crippen LogP contribution in [0.25, 0.3) is 11.3 Å². The number of halogens is 2. The van der Waals surface area contributed by atoms with Gasteiger partial charge in [-0.25, -0.2) is 13.8 Å². The minimum atomic E-state index is -0.478. The zero-order chi connectivity index (χ0) is 9.26. The number of hydrogen-bond donors (Lipinski definition) is 1. The zero-order valence-corrected chi connectivity index (χ0v) is 6.59. The van der Waals surface area contributed by atoms with E-state index < -0.39 is 11.6 Å². The van der Waals surface area contributed by atoms with E-state index in [1.165, 1.54) is 12.5 Å². The molecule has 1 heterocycles. The Morgan fingerprint density at radius 2 is 2.08 bits per heavy atom. The molecular weight excluding hydrogens is 174 g/mol. The van der Waals surface area contributed by atoms with Gasteiger partial charge in [0.05, 0.1) is 12.0 Å². The van der Waals surface area contributed by atoms with Crippen molar-refractivity contribution in [2.75, 3.05) is 0 Å². The maximum Gasteiger partial charge on any atom is 0.132 e. The quantitative estimate of drug-likeness (QED) is 0.716. The van der Waals surface area contributed by atoms with Crippen LogP contribution in [0.3, 0.4) is 0 Å². The molecule has 0 aliphatic carbocycles. The van der Waals surface area contributed by atoms with Crippen molar-refractivity contribution < 1.29 is 8.78 Å². The summed E-state index contributed by atoms with van der Waals surface area (Å²) in [6, 6.07) is 3.27. The zero-order valence-electron chi connectivity index (χ0n) is 6.59. The molecule has 0 amide bonds. The summed E-state index contributed by atoms with van der Waals surface area (Å²) in [5, 5.41) is 0. The van der Waals surface area contributed by atoms with Crippen molar-refractivity contribution in [1.29, 1.82) is 0 Å². The van der Waals surface area contributed by atoms with Crippen LogP contribution < -0.4 is 0 Å². The molecule has 13 heavy (non-hydrogen) atoms. The molecule has 1 N–H and O–H groups in total. The third-order valence-electron chi connectivity index (χ3n) is 1.70. The summed E-state index contributed by atoms with van der Waals surface area (Å²) in [6.07, 6.45) is 2.93. The van der Waals surface area contributed by atoms with Gasteiger partial charge < -0.3 is 4.98 Å². The van der Waals surface area contributed by atoms with Crippen LogP contribution >= 0.6 is 0 Å². The molecule has 0 aliphatic heterocycles. The molecule has 0 unspecified atom stereocenters. The van der Waals surface area contributed by atoms with Crippen LogP contribution in [0.1, 0.15) is 0 Å². The van der Waals surface area contributed by atoms with Crippen molar-refractivity contribution in [3.8, 4) is 11.3 Å². The molecule has 2 aromatic rings. The lowest BCUT2D eigenvalue weighted by molar-refractivity contribution is 0.603. The third kappa shape index (κ3) is 1.42. The van der Waals surface area contributed by atoms with Crippen LogP contribution in [0.4, 0.5) is 8.78 Å². The Morgan fingerprint density at radius 1 is 1.23 bits per heavy atom. The predicted molar refractivity (Wildman–Crippen MR) is 43.9 cm³/mol. The molecule has 0 atom stereocenters. The summed E-state index contributed by atoms with van der Waals surface area (Å²) in [5.41, 5.74) is 0.568. The Kier molecular flexibility index (Phi) is 1.81. The minimum Gasteiger partial charge on any atom is -0.351 e. The maximum absolute atomic E-state index is 13.1. The van der Waals surface area contributed by atoms with Gasteiger partial charge in [-0.1, -0.05) is 0 Å². The van der Waals surface area contributed by atoms with Gasteiger partial charge in [-0.3, -0.25) is 0 Å². The highest BCUT2D eigenvalue weighted by atomic mass is 19.1. The molecule has 2 nitrogen and oxygen atoms in total. The Hall–Kier alpha value is -1.71. The van der Waals surface area contributed by atoms with E-state index in [1.807, 2.05) is 0 Å². The molecule has 0 saturated carbocycles. The molecule has 0 spiro atoms. The first-order chi connectivity index (χ1) is 6.27. The Morgan fingerprint density at radius 3 is 2.77 bits per heavy atom. The summed E-state index contributed by atoms with van der Waals surface area (Å²) in [5.74, 6) is -0.951. The molecule has 0 fully saturated rings. The minimum absolute atomic E-state index is 0.168. The normalized spacial score (nSPS) is 10.3. The van der Waals surface area contributed by atoms with E-state index >= 15 is 0 Å². The van der Waals surface area contributed by atoms with Crippen LogP contribution in [-0.2, 0) is 0 Å². The van der Waals surface area contributed by atoms with E-state index in [0.717, 1.165) is 18.2 Å². The van der Waals surface area contributed by atoms with Gasteiger partial charge in [0, 0.05) is 11.8 Å². The van der Waals surface area contributed by atoms with Crippen molar-refractivity contribution >= 4 is 0 Å². The van der Waals surface area contributed by atoms with Gasteiger partial charge >= 0.3 is 0 Å². The second-order valence-corrected chi connectivity index (χ2v) is 2.58. The van der Waals surface area contributed by atoms with Gasteiger partial charge in [-0.2, -0.15) is 0 Å². The number of aromatic amines is 1. The van der Waals surface area contributed by atoms with E-state index in [0.29, 0.717) is 5.69 Å². The molecule has 0 aliphatic rings. The lowest BCUT2D eigenvalue weighted by Gasteiger charge is -1.98. The fourth-order valence-electron chi connectivity index (χ4n) is 1.10. The Balaban J connectivity index is 2.57. The van der Waals surface area contributed by atoms with Crippen molar-refractivity contribution in [2.24, 2.45) is 0 Å². The molecule has 1 aromatic carbocycles. The number of nitrogens with one attached hydrogen (secondary N) is 1. The lowest BCUT2D eigenvalue weighted by Crippen LogP contribution is -1.85. The average molecular weight is 180 g/mol. The van der Waals surface area contributed by atoms with Gasteiger partial charge in [-0.05, 0) is 18.2 Å². The number of H-pyrrole nitrogens is 1. The van der Waals surface area contributed by atoms with Crippen LogP contribution in [0, 0.1) is 11.6 Å². The maximum atomic E-state index is 13.1. The van der Waals surface area contributed by atoms with E-state index in [2.05, 4.69) is 9.97 Å². The van der Waals surface area contributed by atoms with E-state index in [9.17, 15) is 8.78 Å². The fourth-order valence-corrected chi connectivity index (χ4v) is 1.10. The van der Waals surface area contributed by atoms with Crippen molar-refractivity contribution in [1.82, 2.24) is 9.97 Å². The highest BCUT2D eigenvalue weighted by Gasteiger charge is 2.07. The summed E-state index contributed by atoms with van der Waals surface area (Å²) in [7, 11) is 0.